The maximum absolute atomic E-state index is 5.86. The Labute approximate surface area is 107 Å². The number of anilines is 1. The molecule has 88 valence electrons. The standard InChI is InChI=1S/C12H9N5S/c13-11-15-16-12-17(11)10-8(6-18-12)5-7-3-1-2-4-9(7)14-10/h1-5H,6H2,(H2,13,15). The Bertz CT molecular complexity index is 764. The number of nitrogens with zero attached hydrogens (tertiary/aromatic N) is 4. The van der Waals surface area contributed by atoms with E-state index in [1.807, 2.05) is 22.8 Å². The van der Waals surface area contributed by atoms with Crippen molar-refractivity contribution in [1.82, 2.24) is 19.7 Å². The molecule has 1 aromatic carbocycles. The van der Waals surface area contributed by atoms with Crippen molar-refractivity contribution in [3.8, 4) is 5.82 Å². The predicted molar refractivity (Wildman–Crippen MR) is 70.6 cm³/mol. The number of fused-ring (bicyclic) bond motifs is 4. The number of pyridine rings is 1. The van der Waals surface area contributed by atoms with E-state index in [0.717, 1.165) is 33.2 Å². The first-order valence-electron chi connectivity index (χ1n) is 5.55. The molecular formula is C12H9N5S. The SMILES string of the molecule is Nc1nnc2n1-c1nc3ccccc3cc1CS2. The average molecular weight is 255 g/mol. The van der Waals surface area contributed by atoms with Gasteiger partial charge in [-0.15, -0.1) is 10.2 Å². The molecule has 0 saturated carbocycles. The lowest BCUT2D eigenvalue weighted by atomic mass is 10.1. The van der Waals surface area contributed by atoms with Gasteiger partial charge in [0.2, 0.25) is 5.95 Å². The van der Waals surface area contributed by atoms with Crippen molar-refractivity contribution in [2.75, 3.05) is 5.73 Å². The van der Waals surface area contributed by atoms with Gasteiger partial charge in [0.05, 0.1) is 5.52 Å². The van der Waals surface area contributed by atoms with Crippen LogP contribution in [0.5, 0.6) is 0 Å². The third kappa shape index (κ3) is 1.26. The van der Waals surface area contributed by atoms with E-state index in [1.165, 1.54) is 0 Å². The van der Waals surface area contributed by atoms with Gasteiger partial charge in [0.15, 0.2) is 5.16 Å². The number of nitrogen functional groups attached to an aromatic ring is 1. The summed E-state index contributed by atoms with van der Waals surface area (Å²) in [5.74, 6) is 2.09. The zero-order valence-corrected chi connectivity index (χ0v) is 10.2. The number of nitrogens with two attached hydrogens (primary N) is 1. The molecule has 0 atom stereocenters. The van der Waals surface area contributed by atoms with Gasteiger partial charge in [-0.25, -0.2) is 9.55 Å². The van der Waals surface area contributed by atoms with Crippen molar-refractivity contribution in [1.29, 1.82) is 0 Å². The quantitative estimate of drug-likeness (QED) is 0.665. The largest absolute Gasteiger partial charge is 0.368 e. The molecule has 0 bridgehead atoms. The molecule has 5 nitrogen and oxygen atoms in total. The number of para-hydroxylation sites is 1. The van der Waals surface area contributed by atoms with Crippen molar-refractivity contribution >= 4 is 28.6 Å². The molecular weight excluding hydrogens is 246 g/mol. The molecule has 0 unspecified atom stereocenters. The van der Waals surface area contributed by atoms with Gasteiger partial charge in [-0.2, -0.15) is 0 Å². The summed E-state index contributed by atoms with van der Waals surface area (Å²) in [7, 11) is 0. The Morgan fingerprint density at radius 3 is 3.06 bits per heavy atom. The molecule has 0 amide bonds. The molecule has 0 radical (unpaired) electrons. The monoisotopic (exact) mass is 255 g/mol. The van der Waals surface area contributed by atoms with E-state index >= 15 is 0 Å². The highest BCUT2D eigenvalue weighted by molar-refractivity contribution is 7.98. The van der Waals surface area contributed by atoms with Crippen LogP contribution in [-0.2, 0) is 5.75 Å². The lowest BCUT2D eigenvalue weighted by molar-refractivity contribution is 0.844. The molecule has 0 aliphatic carbocycles. The van der Waals surface area contributed by atoms with Crippen molar-refractivity contribution in [2.24, 2.45) is 0 Å². The van der Waals surface area contributed by atoms with Crippen LogP contribution in [0.3, 0.4) is 0 Å². The lowest BCUT2D eigenvalue weighted by Crippen LogP contribution is -2.11. The van der Waals surface area contributed by atoms with E-state index in [9.17, 15) is 0 Å². The number of rotatable bonds is 0. The van der Waals surface area contributed by atoms with Crippen LogP contribution in [0.1, 0.15) is 5.56 Å². The van der Waals surface area contributed by atoms with Gasteiger partial charge in [0, 0.05) is 16.7 Å². The summed E-state index contributed by atoms with van der Waals surface area (Å²) in [6.07, 6.45) is 0. The van der Waals surface area contributed by atoms with Crippen LogP contribution in [0, 0.1) is 0 Å². The first-order valence-corrected chi connectivity index (χ1v) is 6.54. The Morgan fingerprint density at radius 2 is 2.11 bits per heavy atom. The van der Waals surface area contributed by atoms with Crippen molar-refractivity contribution in [2.45, 2.75) is 10.9 Å². The molecule has 3 aromatic rings. The number of thioether (sulfide) groups is 1. The minimum absolute atomic E-state index is 0.390. The van der Waals surface area contributed by atoms with Gasteiger partial charge < -0.3 is 5.73 Å². The highest BCUT2D eigenvalue weighted by atomic mass is 32.2. The summed E-state index contributed by atoms with van der Waals surface area (Å²) in [5, 5.41) is 9.91. The Kier molecular flexibility index (Phi) is 1.90. The maximum Gasteiger partial charge on any atom is 0.228 e. The molecule has 1 aliphatic heterocycles. The highest BCUT2D eigenvalue weighted by Crippen LogP contribution is 2.34. The number of hydrogen-bond acceptors (Lipinski definition) is 5. The second kappa shape index (κ2) is 3.46. The topological polar surface area (TPSA) is 69.6 Å². The zero-order valence-electron chi connectivity index (χ0n) is 9.37. The molecule has 6 heteroatoms. The second-order valence-corrected chi connectivity index (χ2v) is 5.07. The number of benzene rings is 1. The van der Waals surface area contributed by atoms with Crippen molar-refractivity contribution in [3.05, 3.63) is 35.9 Å². The van der Waals surface area contributed by atoms with Crippen LogP contribution in [0.2, 0.25) is 0 Å². The third-order valence-electron chi connectivity index (χ3n) is 3.01. The summed E-state index contributed by atoms with van der Waals surface area (Å²) < 4.78 is 1.82. The molecule has 3 heterocycles. The predicted octanol–water partition coefficient (Wildman–Crippen LogP) is 2.00. The van der Waals surface area contributed by atoms with Crippen LogP contribution >= 0.6 is 11.8 Å². The fraction of sp³-hybridized carbons (Fsp3) is 0.0833. The highest BCUT2D eigenvalue weighted by Gasteiger charge is 2.22. The molecule has 2 N–H and O–H groups in total. The summed E-state index contributed by atoms with van der Waals surface area (Å²) in [5.41, 5.74) is 7.98. The maximum atomic E-state index is 5.86. The van der Waals surface area contributed by atoms with Gasteiger partial charge in [-0.1, -0.05) is 30.0 Å². The first kappa shape index (κ1) is 9.90. The van der Waals surface area contributed by atoms with Gasteiger partial charge in [-0.3, -0.25) is 0 Å². The minimum Gasteiger partial charge on any atom is -0.368 e. The first-order chi connectivity index (χ1) is 8.83. The van der Waals surface area contributed by atoms with E-state index in [2.05, 4.69) is 27.3 Å². The van der Waals surface area contributed by atoms with Crippen LogP contribution in [0.15, 0.2) is 35.5 Å². The van der Waals surface area contributed by atoms with Crippen LogP contribution < -0.4 is 5.73 Å². The van der Waals surface area contributed by atoms with Gasteiger partial charge >= 0.3 is 0 Å². The third-order valence-corrected chi connectivity index (χ3v) is 3.98. The molecule has 0 spiro atoms. The van der Waals surface area contributed by atoms with Crippen molar-refractivity contribution < 1.29 is 0 Å². The molecule has 1 aliphatic rings. The van der Waals surface area contributed by atoms with Gasteiger partial charge in [-0.05, 0) is 12.1 Å². The summed E-state index contributed by atoms with van der Waals surface area (Å²) in [6, 6.07) is 10.2. The Morgan fingerprint density at radius 1 is 1.22 bits per heavy atom. The van der Waals surface area contributed by atoms with E-state index in [4.69, 9.17) is 5.73 Å². The summed E-state index contributed by atoms with van der Waals surface area (Å²) >= 11 is 1.63. The number of aromatic nitrogens is 4. The summed E-state index contributed by atoms with van der Waals surface area (Å²) in [4.78, 5) is 4.68. The zero-order chi connectivity index (χ0) is 12.1. The molecule has 4 rings (SSSR count). The Balaban J connectivity index is 2.08. The van der Waals surface area contributed by atoms with E-state index < -0.39 is 0 Å². The van der Waals surface area contributed by atoms with E-state index in [0.29, 0.717) is 5.95 Å². The fourth-order valence-corrected chi connectivity index (χ4v) is 3.07. The smallest absolute Gasteiger partial charge is 0.228 e. The normalized spacial score (nSPS) is 13.3. The van der Waals surface area contributed by atoms with Crippen LogP contribution in [0.25, 0.3) is 16.7 Å². The second-order valence-electron chi connectivity index (χ2n) is 4.13. The van der Waals surface area contributed by atoms with Crippen LogP contribution in [0.4, 0.5) is 5.95 Å². The fourth-order valence-electron chi connectivity index (χ4n) is 2.17. The molecule has 0 saturated heterocycles. The average Bonchev–Trinajstić information content (AvgIpc) is 2.78. The lowest BCUT2D eigenvalue weighted by Gasteiger charge is -2.17. The van der Waals surface area contributed by atoms with Crippen molar-refractivity contribution in [3.63, 3.8) is 0 Å². The number of hydrogen-bond donors (Lipinski definition) is 1. The van der Waals surface area contributed by atoms with Crippen LogP contribution in [-0.4, -0.2) is 19.7 Å². The summed E-state index contributed by atoms with van der Waals surface area (Å²) in [6.45, 7) is 0. The van der Waals surface area contributed by atoms with E-state index in [-0.39, 0.29) is 0 Å². The minimum atomic E-state index is 0.390. The van der Waals surface area contributed by atoms with E-state index in [1.54, 1.807) is 11.8 Å². The van der Waals surface area contributed by atoms with Gasteiger partial charge in [0.1, 0.15) is 5.82 Å². The molecule has 0 fully saturated rings. The molecule has 18 heavy (non-hydrogen) atoms. The molecule has 2 aromatic heterocycles. The Hall–Kier alpha value is -2.08. The van der Waals surface area contributed by atoms with Gasteiger partial charge in [0.25, 0.3) is 0 Å².